The lowest BCUT2D eigenvalue weighted by atomic mass is 10.1. The fourth-order valence-electron chi connectivity index (χ4n) is 3.08. The Labute approximate surface area is 135 Å². The molecule has 0 saturated carbocycles. The van der Waals surface area contributed by atoms with Gasteiger partial charge < -0.3 is 9.64 Å². The Morgan fingerprint density at radius 1 is 0.913 bits per heavy atom. The third-order valence-electron chi connectivity index (χ3n) is 4.26. The van der Waals surface area contributed by atoms with Gasteiger partial charge in [-0.15, -0.1) is 0 Å². The van der Waals surface area contributed by atoms with Crippen LogP contribution in [-0.4, -0.2) is 24.0 Å². The Balaban J connectivity index is 1.44. The van der Waals surface area contributed by atoms with E-state index in [0.29, 0.717) is 19.7 Å². The first kappa shape index (κ1) is 13.8. The lowest BCUT2D eigenvalue weighted by Crippen LogP contribution is -2.28. The van der Waals surface area contributed by atoms with E-state index >= 15 is 0 Å². The number of carbonyl (C=O) groups excluding carboxylic acids is 1. The van der Waals surface area contributed by atoms with Crippen molar-refractivity contribution in [3.63, 3.8) is 0 Å². The molecule has 1 aliphatic heterocycles. The van der Waals surface area contributed by atoms with Crippen molar-refractivity contribution in [1.29, 1.82) is 0 Å². The number of benzene rings is 3. The first-order chi connectivity index (χ1) is 11.3. The zero-order chi connectivity index (χ0) is 15.6. The molecule has 114 valence electrons. The van der Waals surface area contributed by atoms with Crippen LogP contribution in [-0.2, 0) is 6.54 Å². The second-order valence-electron chi connectivity index (χ2n) is 5.71. The summed E-state index contributed by atoms with van der Waals surface area (Å²) in [4.78, 5) is 14.2. The van der Waals surface area contributed by atoms with Gasteiger partial charge in [0.1, 0.15) is 12.4 Å². The molecule has 0 atom stereocenters. The van der Waals surface area contributed by atoms with Gasteiger partial charge in [-0.05, 0) is 23.1 Å². The smallest absolute Gasteiger partial charge is 0.254 e. The molecule has 23 heavy (non-hydrogen) atoms. The monoisotopic (exact) mass is 303 g/mol. The molecule has 0 spiro atoms. The zero-order valence-corrected chi connectivity index (χ0v) is 12.7. The largest absolute Gasteiger partial charge is 0.491 e. The highest BCUT2D eigenvalue weighted by Gasteiger charge is 2.26. The number of carbonyl (C=O) groups is 1. The highest BCUT2D eigenvalue weighted by atomic mass is 16.5. The molecule has 1 heterocycles. The maximum Gasteiger partial charge on any atom is 0.254 e. The minimum atomic E-state index is 0.0992. The quantitative estimate of drug-likeness (QED) is 0.732. The summed E-state index contributed by atoms with van der Waals surface area (Å²) in [6, 6.07) is 22.0. The third kappa shape index (κ3) is 2.55. The molecule has 1 amide bonds. The fourth-order valence-corrected chi connectivity index (χ4v) is 3.08. The SMILES string of the molecule is O=C1c2ccccc2CN1CCOc1cccc2ccccc12. The van der Waals surface area contributed by atoms with Gasteiger partial charge in [-0.25, -0.2) is 0 Å². The predicted octanol–water partition coefficient (Wildman–Crippen LogP) is 3.87. The van der Waals surface area contributed by atoms with E-state index in [1.54, 1.807) is 0 Å². The first-order valence-corrected chi connectivity index (χ1v) is 7.81. The number of amides is 1. The molecule has 0 unspecified atom stereocenters. The van der Waals surface area contributed by atoms with Crippen molar-refractivity contribution >= 4 is 16.7 Å². The number of nitrogens with zero attached hydrogens (tertiary/aromatic N) is 1. The first-order valence-electron chi connectivity index (χ1n) is 7.81. The molecule has 0 fully saturated rings. The molecule has 3 nitrogen and oxygen atoms in total. The fraction of sp³-hybridized carbons (Fsp3) is 0.150. The van der Waals surface area contributed by atoms with Crippen LogP contribution in [0.3, 0.4) is 0 Å². The number of hydrogen-bond donors (Lipinski definition) is 0. The Hall–Kier alpha value is -2.81. The van der Waals surface area contributed by atoms with E-state index in [4.69, 9.17) is 4.74 Å². The third-order valence-corrected chi connectivity index (χ3v) is 4.26. The van der Waals surface area contributed by atoms with Gasteiger partial charge in [0.25, 0.3) is 5.91 Å². The molecular formula is C20H17NO2. The number of hydrogen-bond acceptors (Lipinski definition) is 2. The number of fused-ring (bicyclic) bond motifs is 2. The molecule has 0 aliphatic carbocycles. The van der Waals surface area contributed by atoms with Gasteiger partial charge in [-0.1, -0.05) is 54.6 Å². The zero-order valence-electron chi connectivity index (χ0n) is 12.7. The van der Waals surface area contributed by atoms with Crippen LogP contribution in [0.5, 0.6) is 5.75 Å². The topological polar surface area (TPSA) is 29.5 Å². The Kier molecular flexibility index (Phi) is 3.46. The highest BCUT2D eigenvalue weighted by molar-refractivity contribution is 5.98. The molecule has 0 radical (unpaired) electrons. The number of rotatable bonds is 4. The van der Waals surface area contributed by atoms with Crippen molar-refractivity contribution in [1.82, 2.24) is 4.90 Å². The van der Waals surface area contributed by atoms with Crippen molar-refractivity contribution in [2.24, 2.45) is 0 Å². The summed E-state index contributed by atoms with van der Waals surface area (Å²) >= 11 is 0. The Morgan fingerprint density at radius 2 is 1.70 bits per heavy atom. The van der Waals surface area contributed by atoms with E-state index in [1.807, 2.05) is 53.4 Å². The van der Waals surface area contributed by atoms with Crippen LogP contribution in [0.1, 0.15) is 15.9 Å². The minimum absolute atomic E-state index is 0.0992. The average Bonchev–Trinajstić information content (AvgIpc) is 2.92. The van der Waals surface area contributed by atoms with Gasteiger partial charge in [0, 0.05) is 17.5 Å². The van der Waals surface area contributed by atoms with Crippen LogP contribution >= 0.6 is 0 Å². The van der Waals surface area contributed by atoms with Crippen LogP contribution in [0, 0.1) is 0 Å². The Morgan fingerprint density at radius 3 is 2.61 bits per heavy atom. The molecule has 3 aromatic rings. The second-order valence-corrected chi connectivity index (χ2v) is 5.71. The van der Waals surface area contributed by atoms with Gasteiger partial charge in [0.15, 0.2) is 0 Å². The molecule has 3 aromatic carbocycles. The van der Waals surface area contributed by atoms with E-state index in [0.717, 1.165) is 27.6 Å². The number of ether oxygens (including phenoxy) is 1. The predicted molar refractivity (Wildman–Crippen MR) is 90.6 cm³/mol. The maximum absolute atomic E-state index is 12.3. The second kappa shape index (κ2) is 5.76. The summed E-state index contributed by atoms with van der Waals surface area (Å²) in [7, 11) is 0. The molecule has 0 bridgehead atoms. The summed E-state index contributed by atoms with van der Waals surface area (Å²) < 4.78 is 5.93. The van der Waals surface area contributed by atoms with Crippen molar-refractivity contribution < 1.29 is 9.53 Å². The van der Waals surface area contributed by atoms with Crippen molar-refractivity contribution in [3.8, 4) is 5.75 Å². The van der Waals surface area contributed by atoms with E-state index in [9.17, 15) is 4.79 Å². The van der Waals surface area contributed by atoms with E-state index < -0.39 is 0 Å². The molecule has 0 saturated heterocycles. The van der Waals surface area contributed by atoms with Crippen LogP contribution < -0.4 is 4.74 Å². The van der Waals surface area contributed by atoms with Gasteiger partial charge >= 0.3 is 0 Å². The molecule has 0 N–H and O–H groups in total. The molecular weight excluding hydrogens is 286 g/mol. The van der Waals surface area contributed by atoms with E-state index in [2.05, 4.69) is 18.2 Å². The summed E-state index contributed by atoms with van der Waals surface area (Å²) in [5.74, 6) is 0.967. The summed E-state index contributed by atoms with van der Waals surface area (Å²) in [6.45, 7) is 1.76. The van der Waals surface area contributed by atoms with Crippen molar-refractivity contribution in [2.75, 3.05) is 13.2 Å². The Bertz CT molecular complexity index is 867. The maximum atomic E-state index is 12.3. The van der Waals surface area contributed by atoms with E-state index in [1.165, 1.54) is 0 Å². The van der Waals surface area contributed by atoms with Crippen LogP contribution in [0.15, 0.2) is 66.7 Å². The summed E-state index contributed by atoms with van der Waals surface area (Å²) in [6.07, 6.45) is 0. The normalized spacial score (nSPS) is 13.4. The van der Waals surface area contributed by atoms with Crippen LogP contribution in [0.2, 0.25) is 0 Å². The molecule has 4 rings (SSSR count). The molecule has 0 aromatic heterocycles. The van der Waals surface area contributed by atoms with Crippen LogP contribution in [0.25, 0.3) is 10.8 Å². The lowest BCUT2D eigenvalue weighted by Gasteiger charge is -2.16. The van der Waals surface area contributed by atoms with Gasteiger partial charge in [-0.3, -0.25) is 4.79 Å². The minimum Gasteiger partial charge on any atom is -0.491 e. The standard InChI is InChI=1S/C20H17NO2/c22-20-18-10-4-2-7-16(18)14-21(20)12-13-23-19-11-5-8-15-6-1-3-9-17(15)19/h1-11H,12-14H2. The average molecular weight is 303 g/mol. The van der Waals surface area contributed by atoms with E-state index in [-0.39, 0.29) is 5.91 Å². The van der Waals surface area contributed by atoms with Crippen LogP contribution in [0.4, 0.5) is 0 Å². The van der Waals surface area contributed by atoms with Gasteiger partial charge in [0.05, 0.1) is 6.54 Å². The van der Waals surface area contributed by atoms with Crippen molar-refractivity contribution in [2.45, 2.75) is 6.54 Å². The molecule has 3 heteroatoms. The lowest BCUT2D eigenvalue weighted by molar-refractivity contribution is 0.0754. The summed E-state index contributed by atoms with van der Waals surface area (Å²) in [5, 5.41) is 2.26. The van der Waals surface area contributed by atoms with Gasteiger partial charge in [0.2, 0.25) is 0 Å². The highest BCUT2D eigenvalue weighted by Crippen LogP contribution is 2.26. The molecule has 1 aliphatic rings. The van der Waals surface area contributed by atoms with Crippen molar-refractivity contribution in [3.05, 3.63) is 77.9 Å². The summed E-state index contributed by atoms with van der Waals surface area (Å²) in [5.41, 5.74) is 1.92. The van der Waals surface area contributed by atoms with Gasteiger partial charge in [-0.2, -0.15) is 0 Å².